The average Bonchev–Trinajstić information content (AvgIpc) is 2.81. The highest BCUT2D eigenvalue weighted by Crippen LogP contribution is 2.30. The number of ether oxygens (including phenoxy) is 1. The first-order chi connectivity index (χ1) is 16.6. The van der Waals surface area contributed by atoms with Crippen molar-refractivity contribution in [2.75, 3.05) is 25.0 Å². The summed E-state index contributed by atoms with van der Waals surface area (Å²) in [5.41, 5.74) is -0.492. The standard InChI is InChI=1S/C25H27F2N2O3P.C2H6/c1-4-5-6-7-17(3)32-15-25(31)13-29(14-25)24(30)18-9-11-21(33)22(27)23(18)28-20-10-8-16(2)12-19(20)26;1-2/h4-12,28,31H,1,13-15,33H2,2-3H3;1-2H3/b6-5-,17-7+;. The van der Waals surface area contributed by atoms with Crippen molar-refractivity contribution in [2.45, 2.75) is 33.3 Å². The first-order valence-electron chi connectivity index (χ1n) is 11.3. The molecule has 0 spiro atoms. The van der Waals surface area contributed by atoms with Gasteiger partial charge in [0, 0.05) is 5.30 Å². The van der Waals surface area contributed by atoms with E-state index in [1.807, 2.05) is 13.8 Å². The number of hydrogen-bond donors (Lipinski definition) is 2. The van der Waals surface area contributed by atoms with Crippen molar-refractivity contribution < 1.29 is 23.4 Å². The number of likely N-dealkylation sites (tertiary alicyclic amines) is 1. The number of allylic oxidation sites excluding steroid dienone is 5. The Morgan fingerprint density at radius 1 is 1.26 bits per heavy atom. The van der Waals surface area contributed by atoms with Crippen molar-refractivity contribution in [3.8, 4) is 0 Å². The highest BCUT2D eigenvalue weighted by molar-refractivity contribution is 7.27. The van der Waals surface area contributed by atoms with Crippen LogP contribution in [0.5, 0.6) is 0 Å². The van der Waals surface area contributed by atoms with E-state index in [1.165, 1.54) is 29.2 Å². The predicted molar refractivity (Wildman–Crippen MR) is 141 cm³/mol. The van der Waals surface area contributed by atoms with Gasteiger partial charge in [0.15, 0.2) is 5.82 Å². The lowest BCUT2D eigenvalue weighted by Crippen LogP contribution is -2.65. The number of hydrogen-bond acceptors (Lipinski definition) is 4. The molecular formula is C27H33F2N2O3P. The monoisotopic (exact) mass is 502 g/mol. The number of rotatable bonds is 8. The average molecular weight is 503 g/mol. The fourth-order valence-corrected chi connectivity index (χ4v) is 3.62. The Morgan fingerprint density at radius 2 is 1.94 bits per heavy atom. The smallest absolute Gasteiger partial charge is 0.256 e. The maximum atomic E-state index is 14.9. The number of nitrogens with one attached hydrogen (secondary N) is 1. The van der Waals surface area contributed by atoms with Crippen molar-refractivity contribution in [3.63, 3.8) is 0 Å². The summed E-state index contributed by atoms with van der Waals surface area (Å²) in [6.07, 6.45) is 6.88. The van der Waals surface area contributed by atoms with E-state index >= 15 is 0 Å². The summed E-state index contributed by atoms with van der Waals surface area (Å²) in [6.45, 7) is 11.2. The van der Waals surface area contributed by atoms with Gasteiger partial charge in [-0.25, -0.2) is 8.78 Å². The van der Waals surface area contributed by atoms with E-state index in [9.17, 15) is 18.7 Å². The van der Waals surface area contributed by atoms with E-state index in [4.69, 9.17) is 4.74 Å². The number of nitrogens with zero attached hydrogens (tertiary/aromatic N) is 1. The summed E-state index contributed by atoms with van der Waals surface area (Å²) in [6, 6.07) is 7.45. The molecule has 2 aromatic rings. The topological polar surface area (TPSA) is 61.8 Å². The first-order valence-corrected chi connectivity index (χ1v) is 11.9. The summed E-state index contributed by atoms with van der Waals surface area (Å²) >= 11 is 0. The molecule has 0 bridgehead atoms. The van der Waals surface area contributed by atoms with Gasteiger partial charge >= 0.3 is 0 Å². The minimum atomic E-state index is -1.21. The molecule has 35 heavy (non-hydrogen) atoms. The number of aryl methyl sites for hydroxylation is 1. The predicted octanol–water partition coefficient (Wildman–Crippen LogP) is 5.39. The summed E-state index contributed by atoms with van der Waals surface area (Å²) in [5, 5.41) is 13.6. The summed E-state index contributed by atoms with van der Waals surface area (Å²) in [5.74, 6) is -1.09. The normalized spacial score (nSPS) is 14.6. The van der Waals surface area contributed by atoms with E-state index in [-0.39, 0.29) is 41.9 Å². The third-order valence-corrected chi connectivity index (χ3v) is 5.64. The Kier molecular flexibility index (Phi) is 10.2. The van der Waals surface area contributed by atoms with Crippen molar-refractivity contribution in [1.82, 2.24) is 4.90 Å². The number of carbonyl (C=O) groups excluding carboxylic acids is 1. The molecule has 1 aliphatic heterocycles. The molecule has 0 aromatic heterocycles. The Balaban J connectivity index is 0.00000210. The number of benzene rings is 2. The largest absolute Gasteiger partial charge is 0.495 e. The molecule has 0 saturated carbocycles. The molecule has 1 heterocycles. The zero-order valence-corrected chi connectivity index (χ0v) is 21.7. The molecule has 5 nitrogen and oxygen atoms in total. The minimum Gasteiger partial charge on any atom is -0.495 e. The fourth-order valence-electron chi connectivity index (χ4n) is 3.38. The van der Waals surface area contributed by atoms with E-state index in [1.54, 1.807) is 44.2 Å². The Bertz CT molecular complexity index is 1130. The van der Waals surface area contributed by atoms with Gasteiger partial charge in [-0.15, -0.1) is 9.24 Å². The van der Waals surface area contributed by atoms with Gasteiger partial charge in [0.2, 0.25) is 0 Å². The summed E-state index contributed by atoms with van der Waals surface area (Å²) < 4.78 is 34.8. The molecule has 0 radical (unpaired) electrons. The Morgan fingerprint density at radius 3 is 2.57 bits per heavy atom. The second kappa shape index (κ2) is 12.6. The molecule has 3 rings (SSSR count). The Hall–Kier alpha value is -3.02. The lowest BCUT2D eigenvalue weighted by molar-refractivity contribution is -0.115. The zero-order valence-electron chi connectivity index (χ0n) is 20.6. The lowest BCUT2D eigenvalue weighted by atomic mass is 9.94. The third kappa shape index (κ3) is 7.23. The maximum Gasteiger partial charge on any atom is 0.256 e. The zero-order chi connectivity index (χ0) is 26.2. The number of amides is 1. The van der Waals surface area contributed by atoms with Gasteiger partial charge in [-0.3, -0.25) is 4.79 Å². The molecular weight excluding hydrogens is 469 g/mol. The van der Waals surface area contributed by atoms with E-state index in [2.05, 4.69) is 21.1 Å². The quantitative estimate of drug-likeness (QED) is 0.289. The molecule has 1 amide bonds. The van der Waals surface area contributed by atoms with Crippen LogP contribution >= 0.6 is 9.24 Å². The number of anilines is 2. The molecule has 1 fully saturated rings. The lowest BCUT2D eigenvalue weighted by Gasteiger charge is -2.46. The number of aliphatic hydroxyl groups is 1. The third-order valence-electron chi connectivity index (χ3n) is 5.19. The minimum absolute atomic E-state index is 0.0135. The van der Waals surface area contributed by atoms with Gasteiger partial charge in [0.05, 0.1) is 35.8 Å². The van der Waals surface area contributed by atoms with Crippen LogP contribution in [0.1, 0.15) is 36.7 Å². The van der Waals surface area contributed by atoms with Crippen LogP contribution in [-0.4, -0.2) is 41.2 Å². The number of carbonyl (C=O) groups is 1. The van der Waals surface area contributed by atoms with Crippen LogP contribution < -0.4 is 10.6 Å². The van der Waals surface area contributed by atoms with Gasteiger partial charge in [-0.1, -0.05) is 50.8 Å². The van der Waals surface area contributed by atoms with Crippen LogP contribution in [0, 0.1) is 18.6 Å². The fraction of sp³-hybridized carbons (Fsp3) is 0.296. The van der Waals surface area contributed by atoms with Gasteiger partial charge < -0.3 is 20.1 Å². The van der Waals surface area contributed by atoms with Crippen LogP contribution in [0.4, 0.5) is 20.2 Å². The molecule has 0 aliphatic carbocycles. The van der Waals surface area contributed by atoms with Gasteiger partial charge in [0.1, 0.15) is 18.0 Å². The Labute approximate surface area is 208 Å². The van der Waals surface area contributed by atoms with Crippen molar-refractivity contribution >= 4 is 31.8 Å². The highest BCUT2D eigenvalue weighted by Gasteiger charge is 2.45. The number of β-amino-alcohol motifs (C(OH)–C–C–N with tert-alkyl or cyclic N) is 1. The van der Waals surface area contributed by atoms with Crippen LogP contribution in [0.2, 0.25) is 0 Å². The van der Waals surface area contributed by atoms with Crippen molar-refractivity contribution in [3.05, 3.63) is 89.7 Å². The number of halogens is 2. The van der Waals surface area contributed by atoms with Crippen molar-refractivity contribution in [2.24, 2.45) is 0 Å². The van der Waals surface area contributed by atoms with Gasteiger partial charge in [-0.05, 0) is 43.7 Å². The first kappa shape index (κ1) is 28.2. The second-order valence-electron chi connectivity index (χ2n) is 8.07. The summed E-state index contributed by atoms with van der Waals surface area (Å²) in [7, 11) is 2.25. The molecule has 1 aliphatic rings. The van der Waals surface area contributed by atoms with Crippen LogP contribution in [0.25, 0.3) is 0 Å². The maximum absolute atomic E-state index is 14.9. The van der Waals surface area contributed by atoms with E-state index < -0.39 is 23.1 Å². The SMILES string of the molecule is C=C/C=C\C=C(/C)OCC1(O)CN(C(=O)c2ccc(P)c(F)c2Nc2ccc(C)cc2F)C1.CC. The van der Waals surface area contributed by atoms with E-state index in [0.717, 1.165) is 5.56 Å². The van der Waals surface area contributed by atoms with Crippen LogP contribution in [0.15, 0.2) is 67.0 Å². The van der Waals surface area contributed by atoms with Gasteiger partial charge in [0.25, 0.3) is 5.91 Å². The molecule has 2 aromatic carbocycles. The molecule has 8 heteroatoms. The molecule has 1 atom stereocenters. The second-order valence-corrected chi connectivity index (χ2v) is 8.69. The molecule has 2 N–H and O–H groups in total. The molecule has 1 saturated heterocycles. The summed E-state index contributed by atoms with van der Waals surface area (Å²) in [4.78, 5) is 14.5. The van der Waals surface area contributed by atoms with Crippen LogP contribution in [-0.2, 0) is 4.74 Å². The van der Waals surface area contributed by atoms with Crippen LogP contribution in [0.3, 0.4) is 0 Å². The van der Waals surface area contributed by atoms with Crippen molar-refractivity contribution in [1.29, 1.82) is 0 Å². The molecule has 1 unspecified atom stereocenters. The van der Waals surface area contributed by atoms with E-state index in [0.29, 0.717) is 5.76 Å². The van der Waals surface area contributed by atoms with Gasteiger partial charge in [-0.2, -0.15) is 0 Å². The highest BCUT2D eigenvalue weighted by atomic mass is 31.0. The molecule has 188 valence electrons.